The van der Waals surface area contributed by atoms with Crippen LogP contribution in [0.1, 0.15) is 25.8 Å². The van der Waals surface area contributed by atoms with Gasteiger partial charge in [0.2, 0.25) is 0 Å². The summed E-state index contributed by atoms with van der Waals surface area (Å²) in [6.07, 6.45) is 1.74. The number of amides is 2. The number of benzene rings is 2. The third-order valence-electron chi connectivity index (χ3n) is 4.23. The molecule has 8 heteroatoms. The molecular formula is C20H26N2O5S. The lowest BCUT2D eigenvalue weighted by atomic mass is 10.1. The van der Waals surface area contributed by atoms with E-state index in [0.717, 1.165) is 18.2 Å². The summed E-state index contributed by atoms with van der Waals surface area (Å²) in [5, 5.41) is 2.89. The minimum absolute atomic E-state index is 0.0231. The molecular weight excluding hydrogens is 380 g/mol. The predicted octanol–water partition coefficient (Wildman–Crippen LogP) is 3.87. The Morgan fingerprint density at radius 2 is 1.82 bits per heavy atom. The average molecular weight is 407 g/mol. The Kier molecular flexibility index (Phi) is 7.28. The molecule has 0 saturated heterocycles. The largest absolute Gasteiger partial charge is 0.493 e. The molecule has 0 bridgehead atoms. The van der Waals surface area contributed by atoms with Gasteiger partial charge in [-0.05, 0) is 43.2 Å². The highest BCUT2D eigenvalue weighted by Gasteiger charge is 2.21. The molecule has 7 nitrogen and oxygen atoms in total. The van der Waals surface area contributed by atoms with Crippen LogP contribution in [-0.4, -0.2) is 38.8 Å². The van der Waals surface area contributed by atoms with Gasteiger partial charge in [-0.1, -0.05) is 31.2 Å². The normalized spacial score (nSPS) is 12.1. The molecule has 0 heterocycles. The summed E-state index contributed by atoms with van der Waals surface area (Å²) in [6, 6.07) is 13.9. The Labute approximate surface area is 166 Å². The van der Waals surface area contributed by atoms with Gasteiger partial charge in [0.05, 0.1) is 13.4 Å². The van der Waals surface area contributed by atoms with Gasteiger partial charge in [-0.3, -0.25) is 0 Å². The smallest absolute Gasteiger partial charge is 0.322 e. The maximum absolute atomic E-state index is 12.8. The maximum atomic E-state index is 12.8. The number of nitrogens with zero attached hydrogens (tertiary/aromatic N) is 1. The molecule has 2 amide bonds. The molecule has 2 rings (SSSR count). The summed E-state index contributed by atoms with van der Waals surface area (Å²) < 4.78 is 33.2. The van der Waals surface area contributed by atoms with Gasteiger partial charge < -0.3 is 19.1 Å². The van der Waals surface area contributed by atoms with E-state index in [1.165, 1.54) is 7.11 Å². The third-order valence-corrected chi connectivity index (χ3v) is 4.71. The summed E-state index contributed by atoms with van der Waals surface area (Å²) in [7, 11) is -2.27. The van der Waals surface area contributed by atoms with Crippen molar-refractivity contribution in [2.24, 2.45) is 0 Å². The number of ether oxygens (including phenoxy) is 1. The number of methoxy groups -OCH3 is 1. The second kappa shape index (κ2) is 9.45. The Hall–Kier alpha value is -2.74. The van der Waals surface area contributed by atoms with Crippen LogP contribution in [0.5, 0.6) is 11.5 Å². The first-order chi connectivity index (χ1) is 13.2. The van der Waals surface area contributed by atoms with Crippen LogP contribution < -0.4 is 14.2 Å². The van der Waals surface area contributed by atoms with Crippen LogP contribution in [0.4, 0.5) is 10.5 Å². The molecule has 0 fully saturated rings. The molecule has 1 atom stereocenters. The van der Waals surface area contributed by atoms with Crippen LogP contribution in [-0.2, 0) is 16.7 Å². The summed E-state index contributed by atoms with van der Waals surface area (Å²) in [4.78, 5) is 14.5. The average Bonchev–Trinajstić information content (AvgIpc) is 2.65. The van der Waals surface area contributed by atoms with Gasteiger partial charge in [-0.2, -0.15) is 8.42 Å². The van der Waals surface area contributed by atoms with Crippen LogP contribution in [0.2, 0.25) is 0 Å². The Balaban J connectivity index is 2.26. The van der Waals surface area contributed by atoms with Crippen molar-refractivity contribution in [2.45, 2.75) is 32.9 Å². The minimum Gasteiger partial charge on any atom is -0.493 e. The number of hydrogen-bond donors (Lipinski definition) is 1. The first kappa shape index (κ1) is 21.6. The molecule has 0 spiro atoms. The number of carbonyl (C=O) groups is 1. The minimum atomic E-state index is -3.71. The van der Waals surface area contributed by atoms with Crippen LogP contribution >= 0.6 is 0 Å². The lowest BCUT2D eigenvalue weighted by molar-refractivity contribution is 0.187. The van der Waals surface area contributed by atoms with Crippen molar-refractivity contribution in [1.82, 2.24) is 4.90 Å². The van der Waals surface area contributed by atoms with E-state index < -0.39 is 10.1 Å². The number of anilines is 1. The molecule has 28 heavy (non-hydrogen) atoms. The second-order valence-corrected chi connectivity index (χ2v) is 8.03. The third kappa shape index (κ3) is 6.16. The molecule has 0 radical (unpaired) electrons. The van der Waals surface area contributed by atoms with Crippen molar-refractivity contribution < 1.29 is 22.1 Å². The van der Waals surface area contributed by atoms with Gasteiger partial charge in [-0.15, -0.1) is 0 Å². The zero-order chi connectivity index (χ0) is 20.7. The number of hydrogen-bond acceptors (Lipinski definition) is 5. The first-order valence-electron chi connectivity index (χ1n) is 8.92. The zero-order valence-electron chi connectivity index (χ0n) is 16.5. The zero-order valence-corrected chi connectivity index (χ0v) is 17.3. The standard InChI is InChI=1S/C20H26N2O5S/c1-5-15(2)22(20(23)21-17-9-7-6-8-10-17)14-16-11-12-18(26-3)19(13-16)27-28(4,24)25/h6-13,15H,5,14H2,1-4H3,(H,21,23). The van der Waals surface area contributed by atoms with E-state index in [1.807, 2.05) is 44.2 Å². The Bertz CT molecular complexity index is 900. The van der Waals surface area contributed by atoms with Crippen molar-refractivity contribution in [1.29, 1.82) is 0 Å². The van der Waals surface area contributed by atoms with Crippen LogP contribution in [0.3, 0.4) is 0 Å². The van der Waals surface area contributed by atoms with Crippen LogP contribution in [0, 0.1) is 0 Å². The summed E-state index contributed by atoms with van der Waals surface area (Å²) in [6.45, 7) is 4.25. The van der Waals surface area contributed by atoms with Gasteiger partial charge in [-0.25, -0.2) is 4.79 Å². The Morgan fingerprint density at radius 1 is 1.14 bits per heavy atom. The first-order valence-corrected chi connectivity index (χ1v) is 10.7. The molecule has 0 aliphatic rings. The molecule has 0 aliphatic carbocycles. The van der Waals surface area contributed by atoms with E-state index in [0.29, 0.717) is 11.4 Å². The second-order valence-electron chi connectivity index (χ2n) is 6.45. The SMILES string of the molecule is CCC(C)N(Cc1ccc(OC)c(OS(C)(=O)=O)c1)C(=O)Nc1ccccc1. The van der Waals surface area contributed by atoms with Crippen molar-refractivity contribution in [2.75, 3.05) is 18.7 Å². The highest BCUT2D eigenvalue weighted by atomic mass is 32.2. The topological polar surface area (TPSA) is 84.9 Å². The molecule has 2 aromatic carbocycles. The van der Waals surface area contributed by atoms with E-state index in [2.05, 4.69) is 5.32 Å². The van der Waals surface area contributed by atoms with Gasteiger partial charge in [0.25, 0.3) is 0 Å². The lowest BCUT2D eigenvalue weighted by Gasteiger charge is -2.29. The van der Waals surface area contributed by atoms with E-state index >= 15 is 0 Å². The number of urea groups is 1. The molecule has 1 unspecified atom stereocenters. The highest BCUT2D eigenvalue weighted by molar-refractivity contribution is 7.86. The number of rotatable bonds is 8. The molecule has 2 aromatic rings. The molecule has 0 aromatic heterocycles. The van der Waals surface area contributed by atoms with Crippen molar-refractivity contribution in [3.63, 3.8) is 0 Å². The van der Waals surface area contributed by atoms with Crippen LogP contribution in [0.25, 0.3) is 0 Å². The highest BCUT2D eigenvalue weighted by Crippen LogP contribution is 2.30. The number of nitrogens with one attached hydrogen (secondary N) is 1. The summed E-state index contributed by atoms with van der Waals surface area (Å²) >= 11 is 0. The summed E-state index contributed by atoms with van der Waals surface area (Å²) in [5.41, 5.74) is 1.43. The monoisotopic (exact) mass is 406 g/mol. The van der Waals surface area contributed by atoms with E-state index in [1.54, 1.807) is 23.1 Å². The molecule has 1 N–H and O–H groups in total. The van der Waals surface area contributed by atoms with E-state index in [4.69, 9.17) is 8.92 Å². The van der Waals surface area contributed by atoms with Gasteiger partial charge >= 0.3 is 16.1 Å². The fourth-order valence-electron chi connectivity index (χ4n) is 2.61. The lowest BCUT2D eigenvalue weighted by Crippen LogP contribution is -2.40. The van der Waals surface area contributed by atoms with Gasteiger partial charge in [0.15, 0.2) is 11.5 Å². The van der Waals surface area contributed by atoms with Crippen molar-refractivity contribution in [3.05, 3.63) is 54.1 Å². The number of para-hydroxylation sites is 1. The van der Waals surface area contributed by atoms with Gasteiger partial charge in [0.1, 0.15) is 0 Å². The van der Waals surface area contributed by atoms with E-state index in [-0.39, 0.29) is 24.4 Å². The summed E-state index contributed by atoms with van der Waals surface area (Å²) in [5.74, 6) is 0.396. The van der Waals surface area contributed by atoms with Gasteiger partial charge in [0, 0.05) is 18.3 Å². The fraction of sp³-hybridized carbons (Fsp3) is 0.350. The Morgan fingerprint density at radius 3 is 2.39 bits per heavy atom. The fourth-order valence-corrected chi connectivity index (χ4v) is 3.07. The molecule has 152 valence electrons. The van der Waals surface area contributed by atoms with E-state index in [9.17, 15) is 13.2 Å². The van der Waals surface area contributed by atoms with Crippen molar-refractivity contribution >= 4 is 21.8 Å². The van der Waals surface area contributed by atoms with Crippen LogP contribution in [0.15, 0.2) is 48.5 Å². The maximum Gasteiger partial charge on any atom is 0.322 e. The quantitative estimate of drug-likeness (QED) is 0.673. The predicted molar refractivity (Wildman–Crippen MR) is 109 cm³/mol. The molecule has 0 aliphatic heterocycles. The number of carbonyl (C=O) groups excluding carboxylic acids is 1. The van der Waals surface area contributed by atoms with Crippen molar-refractivity contribution in [3.8, 4) is 11.5 Å². The molecule has 0 saturated carbocycles.